The highest BCUT2D eigenvalue weighted by Crippen LogP contribution is 2.29. The van der Waals surface area contributed by atoms with Crippen LogP contribution >= 0.6 is 22.7 Å². The van der Waals surface area contributed by atoms with E-state index < -0.39 is 0 Å². The average Bonchev–Trinajstić information content (AvgIpc) is 3.14. The molecule has 0 aliphatic carbocycles. The lowest BCUT2D eigenvalue weighted by atomic mass is 10.2. The lowest BCUT2D eigenvalue weighted by Crippen LogP contribution is -2.25. The van der Waals surface area contributed by atoms with Gasteiger partial charge < -0.3 is 4.90 Å². The number of thiophene rings is 1. The Bertz CT molecular complexity index is 821. The van der Waals surface area contributed by atoms with Crippen LogP contribution in [0.1, 0.15) is 25.8 Å². The average molecular weight is 342 g/mol. The molecule has 1 aromatic carbocycles. The van der Waals surface area contributed by atoms with Crippen molar-refractivity contribution in [3.63, 3.8) is 0 Å². The largest absolute Gasteiger partial charge is 0.336 e. The molecule has 2 aromatic heterocycles. The van der Waals surface area contributed by atoms with Crippen molar-refractivity contribution < 1.29 is 4.79 Å². The number of carbonyl (C=O) groups excluding carboxylic acids is 1. The molecule has 2 heterocycles. The molecule has 0 aliphatic rings. The Morgan fingerprint density at radius 3 is 2.57 bits per heavy atom. The van der Waals surface area contributed by atoms with E-state index in [9.17, 15) is 4.79 Å². The van der Waals surface area contributed by atoms with Gasteiger partial charge in [-0.05, 0) is 30.9 Å². The third-order valence-corrected chi connectivity index (χ3v) is 5.91. The van der Waals surface area contributed by atoms with Crippen LogP contribution in [-0.4, -0.2) is 22.8 Å². The summed E-state index contributed by atoms with van der Waals surface area (Å²) < 4.78 is 0. The normalized spacial score (nSPS) is 10.7. The summed E-state index contributed by atoms with van der Waals surface area (Å²) >= 11 is 3.16. The fourth-order valence-corrected chi connectivity index (χ4v) is 4.35. The summed E-state index contributed by atoms with van der Waals surface area (Å²) in [5.41, 5.74) is 3.09. The van der Waals surface area contributed by atoms with Crippen LogP contribution in [0.5, 0.6) is 0 Å². The van der Waals surface area contributed by atoms with Gasteiger partial charge in [-0.15, -0.1) is 22.7 Å². The van der Waals surface area contributed by atoms with E-state index in [1.807, 2.05) is 44.3 Å². The topological polar surface area (TPSA) is 33.2 Å². The van der Waals surface area contributed by atoms with E-state index in [1.54, 1.807) is 16.2 Å². The molecule has 0 bridgehead atoms. The molecule has 0 saturated carbocycles. The van der Waals surface area contributed by atoms with Crippen molar-refractivity contribution in [2.75, 3.05) is 7.05 Å². The summed E-state index contributed by atoms with van der Waals surface area (Å²) in [7, 11) is 1.85. The van der Waals surface area contributed by atoms with Crippen molar-refractivity contribution in [1.82, 2.24) is 9.88 Å². The highest BCUT2D eigenvalue weighted by molar-refractivity contribution is 7.17. The first kappa shape index (κ1) is 15.9. The molecule has 0 fully saturated rings. The molecule has 3 aromatic rings. The van der Waals surface area contributed by atoms with Gasteiger partial charge in [-0.25, -0.2) is 4.98 Å². The van der Waals surface area contributed by atoms with E-state index >= 15 is 0 Å². The van der Waals surface area contributed by atoms with Gasteiger partial charge in [0.25, 0.3) is 5.91 Å². The van der Waals surface area contributed by atoms with Gasteiger partial charge in [0.2, 0.25) is 0 Å². The molecule has 0 spiro atoms. The highest BCUT2D eigenvalue weighted by Gasteiger charge is 2.20. The van der Waals surface area contributed by atoms with E-state index in [4.69, 9.17) is 0 Å². The van der Waals surface area contributed by atoms with E-state index in [2.05, 4.69) is 23.4 Å². The van der Waals surface area contributed by atoms with Crippen molar-refractivity contribution >= 4 is 28.6 Å². The Balaban J connectivity index is 1.82. The van der Waals surface area contributed by atoms with Crippen LogP contribution in [0.4, 0.5) is 0 Å². The first-order valence-corrected chi connectivity index (χ1v) is 9.07. The zero-order valence-electron chi connectivity index (χ0n) is 13.4. The number of aromatic nitrogens is 1. The highest BCUT2D eigenvalue weighted by atomic mass is 32.1. The SMILES string of the molecule is Cc1ccsc1CN(C)C(=O)c1sc(-c2ccccc2)nc1C. The maximum atomic E-state index is 12.7. The molecule has 23 heavy (non-hydrogen) atoms. The van der Waals surface area contributed by atoms with E-state index in [1.165, 1.54) is 21.8 Å². The van der Waals surface area contributed by atoms with Crippen LogP contribution in [0.25, 0.3) is 10.6 Å². The van der Waals surface area contributed by atoms with Crippen LogP contribution in [0.15, 0.2) is 41.8 Å². The minimum atomic E-state index is 0.0370. The second-order valence-corrected chi connectivity index (χ2v) is 7.49. The Kier molecular flexibility index (Phi) is 4.59. The molecule has 0 N–H and O–H groups in total. The second-order valence-electron chi connectivity index (χ2n) is 5.49. The van der Waals surface area contributed by atoms with Gasteiger partial charge in [0.1, 0.15) is 9.88 Å². The number of hydrogen-bond acceptors (Lipinski definition) is 4. The monoisotopic (exact) mass is 342 g/mol. The number of amides is 1. The van der Waals surface area contributed by atoms with E-state index in [0.29, 0.717) is 6.54 Å². The Morgan fingerprint density at radius 1 is 1.17 bits per heavy atom. The van der Waals surface area contributed by atoms with Gasteiger partial charge in [-0.2, -0.15) is 0 Å². The Labute approximate surface area is 144 Å². The molecule has 3 nitrogen and oxygen atoms in total. The third kappa shape index (κ3) is 3.35. The molecule has 1 amide bonds. The van der Waals surface area contributed by atoms with Crippen LogP contribution in [-0.2, 0) is 6.54 Å². The minimum absolute atomic E-state index is 0.0370. The summed E-state index contributed by atoms with van der Waals surface area (Å²) in [6.45, 7) is 4.62. The molecule has 0 unspecified atom stereocenters. The van der Waals surface area contributed by atoms with Crippen molar-refractivity contribution in [3.05, 3.63) is 62.8 Å². The van der Waals surface area contributed by atoms with Gasteiger partial charge in [-0.3, -0.25) is 4.79 Å². The summed E-state index contributed by atoms with van der Waals surface area (Å²) in [4.78, 5) is 21.0. The van der Waals surface area contributed by atoms with Crippen LogP contribution < -0.4 is 0 Å². The van der Waals surface area contributed by atoms with Crippen LogP contribution in [0.3, 0.4) is 0 Å². The first-order valence-electron chi connectivity index (χ1n) is 7.37. The quantitative estimate of drug-likeness (QED) is 0.685. The van der Waals surface area contributed by atoms with Gasteiger partial charge in [0.05, 0.1) is 12.2 Å². The van der Waals surface area contributed by atoms with Crippen LogP contribution in [0.2, 0.25) is 0 Å². The molecule has 0 saturated heterocycles. The molecule has 0 radical (unpaired) electrons. The zero-order valence-corrected chi connectivity index (χ0v) is 15.0. The fourth-order valence-electron chi connectivity index (χ4n) is 2.33. The van der Waals surface area contributed by atoms with Gasteiger partial charge in [0.15, 0.2) is 0 Å². The summed E-state index contributed by atoms with van der Waals surface area (Å²) in [6.07, 6.45) is 0. The van der Waals surface area contributed by atoms with Crippen LogP contribution in [0, 0.1) is 13.8 Å². The summed E-state index contributed by atoms with van der Waals surface area (Å²) in [5.74, 6) is 0.0370. The Hall–Kier alpha value is -1.98. The number of rotatable bonds is 4. The number of hydrogen-bond donors (Lipinski definition) is 0. The minimum Gasteiger partial charge on any atom is -0.336 e. The molecule has 5 heteroatoms. The first-order chi connectivity index (χ1) is 11.1. The molecular weight excluding hydrogens is 324 g/mol. The van der Waals surface area contributed by atoms with Crippen molar-refractivity contribution in [2.24, 2.45) is 0 Å². The zero-order chi connectivity index (χ0) is 16.4. The maximum absolute atomic E-state index is 12.7. The number of benzene rings is 1. The fraction of sp³-hybridized carbons (Fsp3) is 0.222. The maximum Gasteiger partial charge on any atom is 0.265 e. The molecule has 118 valence electrons. The van der Waals surface area contributed by atoms with Crippen molar-refractivity contribution in [1.29, 1.82) is 0 Å². The summed E-state index contributed by atoms with van der Waals surface area (Å²) in [5, 5.41) is 2.96. The number of thiazole rings is 1. The predicted molar refractivity (Wildman–Crippen MR) is 97.1 cm³/mol. The molecule has 0 aliphatic heterocycles. The standard InChI is InChI=1S/C18H18N2OS2/c1-12-9-10-22-15(12)11-20(3)18(21)16-13(2)19-17(23-16)14-7-5-4-6-8-14/h4-10H,11H2,1-3H3. The molecule has 0 atom stereocenters. The predicted octanol–water partition coefficient (Wildman–Crippen LogP) is 4.76. The summed E-state index contributed by atoms with van der Waals surface area (Å²) in [6, 6.07) is 12.1. The van der Waals surface area contributed by atoms with Crippen molar-refractivity contribution in [2.45, 2.75) is 20.4 Å². The van der Waals surface area contributed by atoms with Gasteiger partial charge in [-0.1, -0.05) is 30.3 Å². The smallest absolute Gasteiger partial charge is 0.265 e. The lowest BCUT2D eigenvalue weighted by molar-refractivity contribution is 0.0790. The second kappa shape index (κ2) is 6.64. The Morgan fingerprint density at radius 2 is 1.91 bits per heavy atom. The molecular formula is C18H18N2OS2. The number of nitrogens with zero attached hydrogens (tertiary/aromatic N) is 2. The number of carbonyl (C=O) groups is 1. The third-order valence-electron chi connectivity index (χ3n) is 3.71. The van der Waals surface area contributed by atoms with E-state index in [0.717, 1.165) is 21.1 Å². The molecule has 3 rings (SSSR count). The van der Waals surface area contributed by atoms with E-state index in [-0.39, 0.29) is 5.91 Å². The van der Waals surface area contributed by atoms with Crippen molar-refractivity contribution in [3.8, 4) is 10.6 Å². The van der Waals surface area contributed by atoms with Gasteiger partial charge >= 0.3 is 0 Å². The van der Waals surface area contributed by atoms with Gasteiger partial charge in [0, 0.05) is 17.5 Å². The lowest BCUT2D eigenvalue weighted by Gasteiger charge is -2.16. The number of aryl methyl sites for hydroxylation is 2.